The fraction of sp³-hybridized carbons (Fsp3) is 0.385. The summed E-state index contributed by atoms with van der Waals surface area (Å²) in [6.45, 7) is 1.97. The van der Waals surface area contributed by atoms with Gasteiger partial charge in [-0.1, -0.05) is 6.92 Å². The summed E-state index contributed by atoms with van der Waals surface area (Å²) in [5.41, 5.74) is 2.17. The van der Waals surface area contributed by atoms with Crippen molar-refractivity contribution in [3.05, 3.63) is 28.8 Å². The molecule has 0 heterocycles. The van der Waals surface area contributed by atoms with Crippen LogP contribution >= 0.6 is 0 Å². The molecule has 0 atom stereocenters. The van der Waals surface area contributed by atoms with Crippen LogP contribution in [0.2, 0.25) is 0 Å². The predicted molar refractivity (Wildman–Crippen MR) is 62.8 cm³/mol. The minimum absolute atomic E-state index is 0.109. The number of esters is 1. The lowest BCUT2D eigenvalue weighted by Gasteiger charge is -2.11. The Bertz CT molecular complexity index is 460. The molecule has 17 heavy (non-hydrogen) atoms. The van der Waals surface area contributed by atoms with E-state index in [4.69, 9.17) is 10.00 Å². The molecule has 0 aliphatic heterocycles. The highest BCUT2D eigenvalue weighted by molar-refractivity contribution is 5.74. The number of nitrogens with zero attached hydrogens (tertiary/aromatic N) is 1. The molecule has 4 nitrogen and oxygen atoms in total. The highest BCUT2D eigenvalue weighted by atomic mass is 16.5. The van der Waals surface area contributed by atoms with E-state index in [-0.39, 0.29) is 12.4 Å². The van der Waals surface area contributed by atoms with Crippen molar-refractivity contribution in [3.8, 4) is 11.8 Å². The molecule has 0 aliphatic carbocycles. The normalized spacial score (nSPS) is 9.53. The number of hydrogen-bond acceptors (Lipinski definition) is 4. The standard InChI is InChI=1S/C13H15NO3/c1-4-9-6-12(16-2)10(5-11(9)8-14)7-13(15)17-3/h5-6H,4,7H2,1-3H3. The zero-order valence-electron chi connectivity index (χ0n) is 10.2. The summed E-state index contributed by atoms with van der Waals surface area (Å²) in [7, 11) is 2.88. The van der Waals surface area contributed by atoms with Crippen molar-refractivity contribution in [3.63, 3.8) is 0 Å². The number of benzene rings is 1. The number of ether oxygens (including phenoxy) is 2. The third-order valence-corrected chi connectivity index (χ3v) is 2.57. The van der Waals surface area contributed by atoms with Crippen molar-refractivity contribution in [2.75, 3.05) is 14.2 Å². The van der Waals surface area contributed by atoms with Crippen LogP contribution in [0.25, 0.3) is 0 Å². The van der Waals surface area contributed by atoms with Gasteiger partial charge in [0.05, 0.1) is 32.3 Å². The second-order valence-corrected chi connectivity index (χ2v) is 3.54. The molecule has 0 aliphatic rings. The average Bonchev–Trinajstić information content (AvgIpc) is 2.37. The van der Waals surface area contributed by atoms with E-state index in [0.717, 1.165) is 12.0 Å². The number of aryl methyl sites for hydroxylation is 1. The van der Waals surface area contributed by atoms with Crippen LogP contribution in [0.4, 0.5) is 0 Å². The first kappa shape index (κ1) is 13.0. The quantitative estimate of drug-likeness (QED) is 0.744. The van der Waals surface area contributed by atoms with Crippen LogP contribution in [-0.2, 0) is 22.4 Å². The van der Waals surface area contributed by atoms with Gasteiger partial charge in [0.15, 0.2) is 0 Å². The number of methoxy groups -OCH3 is 2. The van der Waals surface area contributed by atoms with Gasteiger partial charge in [0.25, 0.3) is 0 Å². The largest absolute Gasteiger partial charge is 0.496 e. The summed E-state index contributed by atoms with van der Waals surface area (Å²) in [6, 6.07) is 5.61. The molecule has 0 unspecified atom stereocenters. The summed E-state index contributed by atoms with van der Waals surface area (Å²) in [5, 5.41) is 9.02. The maximum atomic E-state index is 11.2. The Morgan fingerprint density at radius 1 is 1.35 bits per heavy atom. The molecular weight excluding hydrogens is 218 g/mol. The molecule has 1 aromatic carbocycles. The van der Waals surface area contributed by atoms with Gasteiger partial charge in [-0.2, -0.15) is 5.26 Å². The SMILES string of the molecule is CCc1cc(OC)c(CC(=O)OC)cc1C#N. The van der Waals surface area contributed by atoms with Crippen LogP contribution in [0, 0.1) is 11.3 Å². The fourth-order valence-electron chi connectivity index (χ4n) is 1.62. The Labute approximate surface area is 101 Å². The van der Waals surface area contributed by atoms with Crippen LogP contribution in [-0.4, -0.2) is 20.2 Å². The van der Waals surface area contributed by atoms with E-state index >= 15 is 0 Å². The molecule has 0 saturated carbocycles. The molecule has 1 rings (SSSR count). The predicted octanol–water partition coefficient (Wildman–Crippen LogP) is 1.84. The van der Waals surface area contributed by atoms with E-state index < -0.39 is 0 Å². The molecule has 1 aromatic rings. The molecular formula is C13H15NO3. The lowest BCUT2D eigenvalue weighted by molar-refractivity contribution is -0.139. The van der Waals surface area contributed by atoms with Crippen molar-refractivity contribution in [1.29, 1.82) is 5.26 Å². The van der Waals surface area contributed by atoms with Crippen LogP contribution in [0.5, 0.6) is 5.75 Å². The monoisotopic (exact) mass is 233 g/mol. The first-order valence-electron chi connectivity index (χ1n) is 5.32. The summed E-state index contributed by atoms with van der Waals surface area (Å²) in [5.74, 6) is 0.266. The topological polar surface area (TPSA) is 59.3 Å². The number of hydrogen-bond donors (Lipinski definition) is 0. The molecule has 0 amide bonds. The molecule has 90 valence electrons. The van der Waals surface area contributed by atoms with Gasteiger partial charge in [0.1, 0.15) is 5.75 Å². The minimum atomic E-state index is -0.351. The Hall–Kier alpha value is -2.02. The lowest BCUT2D eigenvalue weighted by atomic mass is 10.00. The van der Waals surface area contributed by atoms with Crippen molar-refractivity contribution >= 4 is 5.97 Å². The maximum absolute atomic E-state index is 11.2. The van der Waals surface area contributed by atoms with E-state index in [1.807, 2.05) is 6.92 Å². The summed E-state index contributed by atoms with van der Waals surface area (Å²) in [6.07, 6.45) is 0.857. The number of nitriles is 1. The Morgan fingerprint density at radius 3 is 2.53 bits per heavy atom. The Kier molecular flexibility index (Phi) is 4.53. The molecule has 0 N–H and O–H groups in total. The Morgan fingerprint density at radius 2 is 2.06 bits per heavy atom. The number of carbonyl (C=O) groups excluding carboxylic acids is 1. The van der Waals surface area contributed by atoms with Crippen LogP contribution < -0.4 is 4.74 Å². The average molecular weight is 233 g/mol. The molecule has 0 aromatic heterocycles. The highest BCUT2D eigenvalue weighted by Gasteiger charge is 2.12. The first-order valence-corrected chi connectivity index (χ1v) is 5.32. The number of carbonyl (C=O) groups is 1. The smallest absolute Gasteiger partial charge is 0.310 e. The van der Waals surface area contributed by atoms with E-state index in [9.17, 15) is 4.79 Å². The van der Waals surface area contributed by atoms with E-state index in [0.29, 0.717) is 16.9 Å². The second-order valence-electron chi connectivity index (χ2n) is 3.54. The van der Waals surface area contributed by atoms with E-state index in [2.05, 4.69) is 10.8 Å². The number of rotatable bonds is 4. The van der Waals surface area contributed by atoms with Gasteiger partial charge < -0.3 is 9.47 Å². The molecule has 0 radical (unpaired) electrons. The molecule has 0 saturated heterocycles. The summed E-state index contributed by atoms with van der Waals surface area (Å²) >= 11 is 0. The second kappa shape index (κ2) is 5.90. The zero-order chi connectivity index (χ0) is 12.8. The Balaban J connectivity index is 3.20. The first-order chi connectivity index (χ1) is 8.15. The van der Waals surface area contributed by atoms with Gasteiger partial charge in [-0.05, 0) is 24.1 Å². The zero-order valence-corrected chi connectivity index (χ0v) is 10.2. The molecule has 0 fully saturated rings. The third kappa shape index (κ3) is 2.97. The van der Waals surface area contributed by atoms with Gasteiger partial charge in [0, 0.05) is 5.56 Å². The van der Waals surface area contributed by atoms with Gasteiger partial charge in [-0.15, -0.1) is 0 Å². The van der Waals surface area contributed by atoms with Crippen molar-refractivity contribution < 1.29 is 14.3 Å². The highest BCUT2D eigenvalue weighted by Crippen LogP contribution is 2.24. The van der Waals surface area contributed by atoms with Crippen LogP contribution in [0.15, 0.2) is 12.1 Å². The summed E-state index contributed by atoms with van der Waals surface area (Å²) in [4.78, 5) is 11.2. The molecule has 4 heteroatoms. The fourth-order valence-corrected chi connectivity index (χ4v) is 1.62. The molecule has 0 spiro atoms. The molecule has 0 bridgehead atoms. The maximum Gasteiger partial charge on any atom is 0.310 e. The van der Waals surface area contributed by atoms with Crippen LogP contribution in [0.3, 0.4) is 0 Å². The van der Waals surface area contributed by atoms with Crippen molar-refractivity contribution in [2.45, 2.75) is 19.8 Å². The van der Waals surface area contributed by atoms with Gasteiger partial charge in [-0.25, -0.2) is 0 Å². The minimum Gasteiger partial charge on any atom is -0.496 e. The van der Waals surface area contributed by atoms with Crippen LogP contribution in [0.1, 0.15) is 23.6 Å². The van der Waals surface area contributed by atoms with Gasteiger partial charge in [0.2, 0.25) is 0 Å². The lowest BCUT2D eigenvalue weighted by Crippen LogP contribution is -2.07. The van der Waals surface area contributed by atoms with Gasteiger partial charge >= 0.3 is 5.97 Å². The third-order valence-electron chi connectivity index (χ3n) is 2.57. The summed E-state index contributed by atoms with van der Waals surface area (Å²) < 4.78 is 9.82. The van der Waals surface area contributed by atoms with E-state index in [1.165, 1.54) is 7.11 Å². The van der Waals surface area contributed by atoms with Crippen molar-refractivity contribution in [2.24, 2.45) is 0 Å². The van der Waals surface area contributed by atoms with Gasteiger partial charge in [-0.3, -0.25) is 4.79 Å². The van der Waals surface area contributed by atoms with E-state index in [1.54, 1.807) is 19.2 Å². The van der Waals surface area contributed by atoms with Crippen molar-refractivity contribution in [1.82, 2.24) is 0 Å².